The molecule has 1 heterocycles. The fraction of sp³-hybridized carbons (Fsp3) is 0.143. The van der Waals surface area contributed by atoms with Gasteiger partial charge in [-0.1, -0.05) is 6.07 Å². The van der Waals surface area contributed by atoms with Crippen LogP contribution in [0, 0.1) is 17.1 Å². The van der Waals surface area contributed by atoms with Crippen molar-refractivity contribution in [1.82, 2.24) is 4.98 Å². The van der Waals surface area contributed by atoms with Gasteiger partial charge in [-0.05, 0) is 24.3 Å². The molecule has 5 heteroatoms. The summed E-state index contributed by atoms with van der Waals surface area (Å²) in [5.41, 5.74) is 0.882. The molecule has 0 radical (unpaired) electrons. The van der Waals surface area contributed by atoms with Gasteiger partial charge in [-0.3, -0.25) is 0 Å². The second kappa shape index (κ2) is 5.83. The fourth-order valence-corrected chi connectivity index (χ4v) is 1.49. The Balaban J connectivity index is 2.08. The van der Waals surface area contributed by atoms with Crippen molar-refractivity contribution in [2.24, 2.45) is 0 Å². The molecule has 19 heavy (non-hydrogen) atoms. The van der Waals surface area contributed by atoms with Crippen LogP contribution in [0.4, 0.5) is 4.39 Å². The summed E-state index contributed by atoms with van der Waals surface area (Å²) in [6.07, 6.45) is 0. The molecule has 2 rings (SSSR count). The predicted octanol–water partition coefficient (Wildman–Crippen LogP) is 2.68. The van der Waals surface area contributed by atoms with Crippen molar-refractivity contribution in [3.8, 4) is 17.7 Å². The average Bonchev–Trinajstić information content (AvgIpc) is 2.46. The molecule has 0 atom stereocenters. The molecule has 0 amide bonds. The molecule has 96 valence electrons. The van der Waals surface area contributed by atoms with Crippen molar-refractivity contribution in [2.45, 2.75) is 6.61 Å². The maximum atomic E-state index is 13.6. The minimum atomic E-state index is -0.568. The van der Waals surface area contributed by atoms with Crippen LogP contribution in [0.25, 0.3) is 0 Å². The number of halogens is 1. The number of pyridine rings is 1. The fourth-order valence-electron chi connectivity index (χ4n) is 1.49. The Morgan fingerprint density at radius 1 is 1.32 bits per heavy atom. The monoisotopic (exact) mass is 258 g/mol. The van der Waals surface area contributed by atoms with Gasteiger partial charge < -0.3 is 9.47 Å². The minimum Gasteiger partial charge on any atom is -0.484 e. The molecular formula is C14H11FN2O2. The Bertz CT molecular complexity index is 623. The molecule has 1 aromatic carbocycles. The summed E-state index contributed by atoms with van der Waals surface area (Å²) in [6, 6.07) is 11.2. The molecule has 0 fully saturated rings. The minimum absolute atomic E-state index is 0.0867. The predicted molar refractivity (Wildman–Crippen MR) is 66.2 cm³/mol. The van der Waals surface area contributed by atoms with E-state index in [-0.39, 0.29) is 17.9 Å². The lowest BCUT2D eigenvalue weighted by molar-refractivity contribution is 0.283. The normalized spacial score (nSPS) is 9.74. The first-order valence-electron chi connectivity index (χ1n) is 5.55. The smallest absolute Gasteiger partial charge is 0.213 e. The summed E-state index contributed by atoms with van der Waals surface area (Å²) in [7, 11) is 1.52. The Morgan fingerprint density at radius 3 is 2.84 bits per heavy atom. The summed E-state index contributed by atoms with van der Waals surface area (Å²) in [5, 5.41) is 8.64. The number of aromatic nitrogens is 1. The summed E-state index contributed by atoms with van der Waals surface area (Å²) in [6.45, 7) is 0.125. The van der Waals surface area contributed by atoms with Crippen molar-refractivity contribution in [1.29, 1.82) is 5.26 Å². The zero-order valence-corrected chi connectivity index (χ0v) is 10.3. The molecular weight excluding hydrogens is 247 g/mol. The van der Waals surface area contributed by atoms with Crippen LogP contribution in [0.1, 0.15) is 11.3 Å². The van der Waals surface area contributed by atoms with Gasteiger partial charge in [0.1, 0.15) is 6.61 Å². The SMILES string of the molecule is COc1cccc(COc2ccc(C#N)cc2F)n1. The van der Waals surface area contributed by atoms with E-state index in [0.717, 1.165) is 6.07 Å². The highest BCUT2D eigenvalue weighted by molar-refractivity contribution is 5.36. The molecule has 0 unspecified atom stereocenters. The number of methoxy groups -OCH3 is 1. The molecule has 0 saturated carbocycles. The van der Waals surface area contributed by atoms with E-state index >= 15 is 0 Å². The van der Waals surface area contributed by atoms with Crippen molar-refractivity contribution in [3.63, 3.8) is 0 Å². The zero-order valence-electron chi connectivity index (χ0n) is 10.3. The molecule has 0 N–H and O–H groups in total. The third-order valence-electron chi connectivity index (χ3n) is 2.43. The molecule has 0 aliphatic rings. The van der Waals surface area contributed by atoms with E-state index in [1.165, 1.54) is 19.2 Å². The Kier molecular flexibility index (Phi) is 3.94. The lowest BCUT2D eigenvalue weighted by Gasteiger charge is -2.07. The van der Waals surface area contributed by atoms with Crippen molar-refractivity contribution in [3.05, 3.63) is 53.5 Å². The van der Waals surface area contributed by atoms with Crippen molar-refractivity contribution < 1.29 is 13.9 Å². The first kappa shape index (κ1) is 12.8. The molecule has 0 bridgehead atoms. The van der Waals surface area contributed by atoms with Gasteiger partial charge in [0.2, 0.25) is 5.88 Å². The summed E-state index contributed by atoms with van der Waals surface area (Å²) < 4.78 is 23.9. The topological polar surface area (TPSA) is 55.1 Å². The summed E-state index contributed by atoms with van der Waals surface area (Å²) >= 11 is 0. The molecule has 1 aromatic heterocycles. The van der Waals surface area contributed by atoms with Gasteiger partial charge in [0.05, 0.1) is 24.4 Å². The third kappa shape index (κ3) is 3.19. The van der Waals surface area contributed by atoms with Crippen molar-refractivity contribution >= 4 is 0 Å². The number of benzene rings is 1. The Labute approximate surface area is 110 Å². The van der Waals surface area contributed by atoms with E-state index in [1.807, 2.05) is 6.07 Å². The van der Waals surface area contributed by atoms with Gasteiger partial charge in [0.15, 0.2) is 11.6 Å². The maximum Gasteiger partial charge on any atom is 0.213 e. The highest BCUT2D eigenvalue weighted by Crippen LogP contribution is 2.19. The second-order valence-corrected chi connectivity index (χ2v) is 3.72. The standard InChI is InChI=1S/C14H11FN2O2/c1-18-14-4-2-3-11(17-14)9-19-13-6-5-10(8-16)7-12(13)15/h2-7H,9H2,1H3. The quantitative estimate of drug-likeness (QED) is 0.846. The molecule has 0 aliphatic carbocycles. The van der Waals surface area contributed by atoms with Gasteiger partial charge in [-0.15, -0.1) is 0 Å². The number of rotatable bonds is 4. The second-order valence-electron chi connectivity index (χ2n) is 3.72. The average molecular weight is 258 g/mol. The van der Waals surface area contributed by atoms with Crippen LogP contribution in [0.15, 0.2) is 36.4 Å². The van der Waals surface area contributed by atoms with E-state index in [0.29, 0.717) is 11.6 Å². The van der Waals surface area contributed by atoms with E-state index in [1.54, 1.807) is 18.2 Å². The number of hydrogen-bond donors (Lipinski definition) is 0. The van der Waals surface area contributed by atoms with Crippen LogP contribution in [0.3, 0.4) is 0 Å². The summed E-state index contributed by atoms with van der Waals surface area (Å²) in [5.74, 6) is -0.00744. The van der Waals surface area contributed by atoms with Crippen LogP contribution < -0.4 is 9.47 Å². The van der Waals surface area contributed by atoms with Gasteiger partial charge in [0, 0.05) is 6.07 Å². The largest absolute Gasteiger partial charge is 0.484 e. The van der Waals surface area contributed by atoms with E-state index in [2.05, 4.69) is 4.98 Å². The van der Waals surface area contributed by atoms with E-state index in [4.69, 9.17) is 14.7 Å². The molecule has 2 aromatic rings. The molecule has 0 aliphatic heterocycles. The highest BCUT2D eigenvalue weighted by atomic mass is 19.1. The van der Waals surface area contributed by atoms with Crippen LogP contribution in [-0.2, 0) is 6.61 Å². The molecule has 0 saturated heterocycles. The van der Waals surface area contributed by atoms with Crippen molar-refractivity contribution in [2.75, 3.05) is 7.11 Å². The lowest BCUT2D eigenvalue weighted by Crippen LogP contribution is -2.01. The summed E-state index contributed by atoms with van der Waals surface area (Å²) in [4.78, 5) is 4.15. The van der Waals surface area contributed by atoms with Crippen LogP contribution in [0.5, 0.6) is 11.6 Å². The van der Waals surface area contributed by atoms with Gasteiger partial charge in [0.25, 0.3) is 0 Å². The first-order valence-corrected chi connectivity index (χ1v) is 5.55. The number of ether oxygens (including phenoxy) is 2. The van der Waals surface area contributed by atoms with E-state index < -0.39 is 5.82 Å². The Hall–Kier alpha value is -2.61. The highest BCUT2D eigenvalue weighted by Gasteiger charge is 2.06. The van der Waals surface area contributed by atoms with Crippen LogP contribution in [0.2, 0.25) is 0 Å². The number of nitriles is 1. The van der Waals surface area contributed by atoms with Crippen LogP contribution in [-0.4, -0.2) is 12.1 Å². The number of nitrogens with zero attached hydrogens (tertiary/aromatic N) is 2. The maximum absolute atomic E-state index is 13.6. The molecule has 4 nitrogen and oxygen atoms in total. The lowest BCUT2D eigenvalue weighted by atomic mass is 10.2. The number of hydrogen-bond acceptors (Lipinski definition) is 4. The van der Waals surface area contributed by atoms with Gasteiger partial charge >= 0.3 is 0 Å². The van der Waals surface area contributed by atoms with E-state index in [9.17, 15) is 4.39 Å². The van der Waals surface area contributed by atoms with Gasteiger partial charge in [-0.25, -0.2) is 9.37 Å². The van der Waals surface area contributed by atoms with Crippen LogP contribution >= 0.6 is 0 Å². The Morgan fingerprint density at radius 2 is 2.16 bits per heavy atom. The molecule has 0 spiro atoms. The van der Waals surface area contributed by atoms with Gasteiger partial charge in [-0.2, -0.15) is 5.26 Å². The first-order chi connectivity index (χ1) is 9.22. The third-order valence-corrected chi connectivity index (χ3v) is 2.43. The zero-order chi connectivity index (χ0) is 13.7.